The van der Waals surface area contributed by atoms with Gasteiger partial charge in [-0.15, -0.1) is 0 Å². The van der Waals surface area contributed by atoms with E-state index in [-0.39, 0.29) is 22.4 Å². The number of carbonyl (C=O) groups excluding carboxylic acids is 1. The molecule has 5 N–H and O–H groups in total. The molecule has 2 rings (SSSR count). The van der Waals surface area contributed by atoms with Crippen molar-refractivity contribution < 1.29 is 22.4 Å². The maximum Gasteiger partial charge on any atom is 0.416 e. The highest BCUT2D eigenvalue weighted by Gasteiger charge is 2.31. The number of halogens is 4. The minimum Gasteiger partial charge on any atom is -0.395 e. The number of rotatable bonds is 7. The second kappa shape index (κ2) is 10.2. The molecule has 2 aromatic carbocycles. The number of hydrogen-bond acceptors (Lipinski definition) is 3. The van der Waals surface area contributed by atoms with Crippen molar-refractivity contribution in [3.05, 3.63) is 59.4 Å². The Balaban J connectivity index is 2.17. The molecule has 0 fully saturated rings. The Hall–Kier alpha value is -2.88. The molecule has 0 aromatic heterocycles. The third kappa shape index (κ3) is 6.87. The zero-order valence-electron chi connectivity index (χ0n) is 16.1. The molecule has 1 atom stereocenters. The standard InChI is InChI=1S/C20H22F4N4OS/c1-12(29)26-10-4-9-16(13-5-2-6-14(11-13)20(22,23)24)27-19(30)28-17-8-3-7-15(21)18(17)25/h2-3,5-8,11,16H,4,9-10,25H2,1H3,(H,26,29)(H2,27,28,30). The third-order valence-corrected chi connectivity index (χ3v) is 4.49. The molecule has 5 nitrogen and oxygen atoms in total. The van der Waals surface area contributed by atoms with Crippen molar-refractivity contribution >= 4 is 34.6 Å². The van der Waals surface area contributed by atoms with E-state index in [1.165, 1.54) is 31.2 Å². The van der Waals surface area contributed by atoms with Crippen LogP contribution in [0.2, 0.25) is 0 Å². The zero-order valence-corrected chi connectivity index (χ0v) is 17.0. The van der Waals surface area contributed by atoms with Gasteiger partial charge >= 0.3 is 6.18 Å². The first-order valence-electron chi connectivity index (χ1n) is 9.11. The number of nitrogens with two attached hydrogens (primary N) is 1. The lowest BCUT2D eigenvalue weighted by Crippen LogP contribution is -2.33. The van der Waals surface area contributed by atoms with Gasteiger partial charge in [0.1, 0.15) is 5.82 Å². The molecular weight excluding hydrogens is 420 g/mol. The van der Waals surface area contributed by atoms with Crippen LogP contribution in [0.4, 0.5) is 28.9 Å². The molecule has 0 spiro atoms. The van der Waals surface area contributed by atoms with E-state index in [1.54, 1.807) is 6.07 Å². The normalized spacial score (nSPS) is 12.2. The number of hydrogen-bond donors (Lipinski definition) is 4. The van der Waals surface area contributed by atoms with Gasteiger partial charge in [0.15, 0.2) is 5.11 Å². The molecule has 162 valence electrons. The molecule has 0 radical (unpaired) electrons. The van der Waals surface area contributed by atoms with E-state index in [0.29, 0.717) is 24.9 Å². The summed E-state index contributed by atoms with van der Waals surface area (Å²) in [7, 11) is 0. The highest BCUT2D eigenvalue weighted by atomic mass is 32.1. The van der Waals surface area contributed by atoms with Gasteiger partial charge in [-0.25, -0.2) is 4.39 Å². The molecule has 2 aromatic rings. The first-order chi connectivity index (χ1) is 14.1. The van der Waals surface area contributed by atoms with Crippen LogP contribution in [0.5, 0.6) is 0 Å². The average molecular weight is 442 g/mol. The van der Waals surface area contributed by atoms with Gasteiger partial charge in [-0.3, -0.25) is 4.79 Å². The summed E-state index contributed by atoms with van der Waals surface area (Å²) in [6.45, 7) is 1.74. The molecule has 30 heavy (non-hydrogen) atoms. The molecular formula is C20H22F4N4OS. The molecule has 1 amide bonds. The first kappa shape index (κ1) is 23.4. The largest absolute Gasteiger partial charge is 0.416 e. The van der Waals surface area contributed by atoms with Gasteiger partial charge in [0.25, 0.3) is 0 Å². The molecule has 0 heterocycles. The Morgan fingerprint density at radius 1 is 1.20 bits per heavy atom. The fraction of sp³-hybridized carbons (Fsp3) is 0.300. The van der Waals surface area contributed by atoms with E-state index >= 15 is 0 Å². The van der Waals surface area contributed by atoms with Crippen LogP contribution >= 0.6 is 12.2 Å². The number of amides is 1. The summed E-state index contributed by atoms with van der Waals surface area (Å²) in [5.41, 5.74) is 5.40. The monoisotopic (exact) mass is 442 g/mol. The lowest BCUT2D eigenvalue weighted by atomic mass is 9.99. The minimum atomic E-state index is -4.48. The van der Waals surface area contributed by atoms with Crippen molar-refractivity contribution in [3.63, 3.8) is 0 Å². The van der Waals surface area contributed by atoms with Gasteiger partial charge < -0.3 is 21.7 Å². The highest BCUT2D eigenvalue weighted by molar-refractivity contribution is 7.80. The average Bonchev–Trinajstić information content (AvgIpc) is 2.67. The van der Waals surface area contributed by atoms with Crippen molar-refractivity contribution in [2.75, 3.05) is 17.6 Å². The number of thiocarbonyl (C=S) groups is 1. The molecule has 1 unspecified atom stereocenters. The van der Waals surface area contributed by atoms with Crippen molar-refractivity contribution in [2.45, 2.75) is 32.0 Å². The fourth-order valence-corrected chi connectivity index (χ4v) is 3.04. The fourth-order valence-electron chi connectivity index (χ4n) is 2.79. The van der Waals surface area contributed by atoms with E-state index in [9.17, 15) is 22.4 Å². The van der Waals surface area contributed by atoms with Gasteiger partial charge in [-0.1, -0.05) is 18.2 Å². The van der Waals surface area contributed by atoms with Crippen LogP contribution in [-0.4, -0.2) is 17.6 Å². The summed E-state index contributed by atoms with van der Waals surface area (Å²) in [6, 6.07) is 8.53. The number of anilines is 2. The number of benzene rings is 2. The van der Waals surface area contributed by atoms with Gasteiger partial charge in [0, 0.05) is 13.5 Å². The Kier molecular flexibility index (Phi) is 7.99. The molecule has 0 aliphatic carbocycles. The summed E-state index contributed by atoms with van der Waals surface area (Å²) in [5.74, 6) is -0.815. The maximum atomic E-state index is 13.6. The van der Waals surface area contributed by atoms with Crippen LogP contribution in [0.3, 0.4) is 0 Å². The van der Waals surface area contributed by atoms with E-state index in [1.807, 2.05) is 0 Å². The first-order valence-corrected chi connectivity index (χ1v) is 9.52. The minimum absolute atomic E-state index is 0.0780. The summed E-state index contributed by atoms with van der Waals surface area (Å²) >= 11 is 5.25. The maximum absolute atomic E-state index is 13.6. The number of nitrogen functional groups attached to an aromatic ring is 1. The van der Waals surface area contributed by atoms with Crippen molar-refractivity contribution in [1.29, 1.82) is 0 Å². The number of nitrogens with one attached hydrogen (secondary N) is 3. The molecule has 0 bridgehead atoms. The lowest BCUT2D eigenvalue weighted by Gasteiger charge is -2.23. The Bertz CT molecular complexity index is 905. The van der Waals surface area contributed by atoms with Crippen LogP contribution in [0.15, 0.2) is 42.5 Å². The SMILES string of the molecule is CC(=O)NCCCC(NC(=S)Nc1cccc(F)c1N)c1cccc(C(F)(F)F)c1. The van der Waals surface area contributed by atoms with E-state index in [2.05, 4.69) is 16.0 Å². The Labute approximate surface area is 177 Å². The lowest BCUT2D eigenvalue weighted by molar-refractivity contribution is -0.137. The predicted octanol–water partition coefficient (Wildman–Crippen LogP) is 4.37. The Morgan fingerprint density at radius 2 is 1.90 bits per heavy atom. The molecule has 0 aliphatic rings. The smallest absolute Gasteiger partial charge is 0.395 e. The quantitative estimate of drug-likeness (QED) is 0.222. The highest BCUT2D eigenvalue weighted by Crippen LogP contribution is 2.31. The van der Waals surface area contributed by atoms with Crippen LogP contribution < -0.4 is 21.7 Å². The third-order valence-electron chi connectivity index (χ3n) is 4.27. The topological polar surface area (TPSA) is 79.2 Å². The van der Waals surface area contributed by atoms with Gasteiger partial charge in [0.2, 0.25) is 5.91 Å². The van der Waals surface area contributed by atoms with Crippen LogP contribution in [0.1, 0.15) is 36.9 Å². The summed E-state index contributed by atoms with van der Waals surface area (Å²) in [6.07, 6.45) is -3.59. The second-order valence-electron chi connectivity index (χ2n) is 6.60. The van der Waals surface area contributed by atoms with Crippen LogP contribution in [-0.2, 0) is 11.0 Å². The number of para-hydroxylation sites is 1. The van der Waals surface area contributed by atoms with Crippen molar-refractivity contribution in [2.24, 2.45) is 0 Å². The van der Waals surface area contributed by atoms with E-state index in [4.69, 9.17) is 18.0 Å². The van der Waals surface area contributed by atoms with Gasteiger partial charge in [-0.05, 0) is 54.9 Å². The van der Waals surface area contributed by atoms with Crippen LogP contribution in [0.25, 0.3) is 0 Å². The zero-order chi connectivity index (χ0) is 22.3. The van der Waals surface area contributed by atoms with E-state index in [0.717, 1.165) is 12.1 Å². The van der Waals surface area contributed by atoms with Crippen LogP contribution in [0, 0.1) is 5.82 Å². The molecule has 0 saturated carbocycles. The van der Waals surface area contributed by atoms with Crippen molar-refractivity contribution in [3.8, 4) is 0 Å². The Morgan fingerprint density at radius 3 is 2.57 bits per heavy atom. The van der Waals surface area contributed by atoms with Crippen molar-refractivity contribution in [1.82, 2.24) is 10.6 Å². The van der Waals surface area contributed by atoms with Gasteiger partial charge in [0.05, 0.1) is 23.0 Å². The summed E-state index contributed by atoms with van der Waals surface area (Å²) in [4.78, 5) is 11.0. The molecule has 0 aliphatic heterocycles. The summed E-state index contributed by atoms with van der Waals surface area (Å²) < 4.78 is 52.9. The van der Waals surface area contributed by atoms with E-state index < -0.39 is 23.6 Å². The molecule has 10 heteroatoms. The second-order valence-corrected chi connectivity index (χ2v) is 7.01. The molecule has 0 saturated heterocycles. The number of alkyl halides is 3. The van der Waals surface area contributed by atoms with Gasteiger partial charge in [-0.2, -0.15) is 13.2 Å². The number of carbonyl (C=O) groups is 1. The predicted molar refractivity (Wildman–Crippen MR) is 112 cm³/mol. The summed E-state index contributed by atoms with van der Waals surface area (Å²) in [5, 5.41) is 8.45.